The number of carbonyl (C=O) groups is 1. The molecule has 0 unspecified atom stereocenters. The molecule has 0 saturated heterocycles. The van der Waals surface area contributed by atoms with Gasteiger partial charge in [0.25, 0.3) is 5.56 Å². The molecule has 162 valence electrons. The number of nitrogens with zero attached hydrogens (tertiary/aromatic N) is 3. The highest BCUT2D eigenvalue weighted by atomic mass is 35.5. The molecule has 4 aromatic rings. The van der Waals surface area contributed by atoms with Gasteiger partial charge < -0.3 is 9.15 Å². The first-order valence-electron chi connectivity index (χ1n) is 10.1. The summed E-state index contributed by atoms with van der Waals surface area (Å²) in [6.07, 6.45) is 7.05. The van der Waals surface area contributed by atoms with Crippen molar-refractivity contribution in [3.63, 3.8) is 0 Å². The summed E-state index contributed by atoms with van der Waals surface area (Å²) in [5, 5.41) is 5.37. The molecule has 0 bridgehead atoms. The number of hydrogen-bond donors (Lipinski definition) is 0. The molecule has 0 amide bonds. The van der Waals surface area contributed by atoms with Gasteiger partial charge in [-0.1, -0.05) is 11.6 Å². The van der Waals surface area contributed by atoms with Gasteiger partial charge in [0.15, 0.2) is 0 Å². The van der Waals surface area contributed by atoms with E-state index in [0.717, 1.165) is 36.1 Å². The maximum absolute atomic E-state index is 13.0. The lowest BCUT2D eigenvalue weighted by Crippen LogP contribution is -2.17. The zero-order chi connectivity index (χ0) is 22.2. The van der Waals surface area contributed by atoms with Gasteiger partial charge in [-0.3, -0.25) is 4.79 Å². The molecule has 5 rings (SSSR count). The van der Waals surface area contributed by atoms with Crippen molar-refractivity contribution < 1.29 is 13.9 Å². The quantitative estimate of drug-likeness (QED) is 0.314. The number of benzene rings is 1. The van der Waals surface area contributed by atoms with Crippen molar-refractivity contribution in [2.24, 2.45) is 5.10 Å². The van der Waals surface area contributed by atoms with E-state index in [0.29, 0.717) is 33.1 Å². The van der Waals surface area contributed by atoms with Crippen LogP contribution in [-0.4, -0.2) is 29.0 Å². The molecule has 0 aliphatic heterocycles. The Balaban J connectivity index is 1.46. The Morgan fingerprint density at radius 1 is 1.28 bits per heavy atom. The highest BCUT2D eigenvalue weighted by molar-refractivity contribution is 7.18. The Hall–Kier alpha value is -3.23. The predicted molar refractivity (Wildman–Crippen MR) is 124 cm³/mol. The lowest BCUT2D eigenvalue weighted by molar-refractivity contribution is 0.0601. The third kappa shape index (κ3) is 3.65. The zero-order valence-corrected chi connectivity index (χ0v) is 18.7. The van der Waals surface area contributed by atoms with Gasteiger partial charge in [0.2, 0.25) is 0 Å². The number of methoxy groups -OCH3 is 1. The second-order valence-electron chi connectivity index (χ2n) is 7.42. The van der Waals surface area contributed by atoms with Crippen molar-refractivity contribution in [3.05, 3.63) is 73.8 Å². The Morgan fingerprint density at radius 3 is 2.97 bits per heavy atom. The van der Waals surface area contributed by atoms with Crippen molar-refractivity contribution in [2.45, 2.75) is 25.7 Å². The highest BCUT2D eigenvalue weighted by Gasteiger charge is 2.20. The molecule has 0 atom stereocenters. The van der Waals surface area contributed by atoms with Crippen LogP contribution in [-0.2, 0) is 17.6 Å². The molecule has 32 heavy (non-hydrogen) atoms. The fourth-order valence-corrected chi connectivity index (χ4v) is 5.29. The third-order valence-corrected chi connectivity index (χ3v) is 6.98. The molecule has 0 N–H and O–H groups in total. The van der Waals surface area contributed by atoms with Crippen molar-refractivity contribution >= 4 is 45.3 Å². The molecule has 1 aliphatic rings. The molecular formula is C23H18ClN3O4S. The number of halogens is 1. The second kappa shape index (κ2) is 8.37. The van der Waals surface area contributed by atoms with Gasteiger partial charge in [0, 0.05) is 10.4 Å². The van der Waals surface area contributed by atoms with E-state index in [9.17, 15) is 9.59 Å². The number of aryl methyl sites for hydroxylation is 2. The lowest BCUT2D eigenvalue weighted by atomic mass is 9.97. The zero-order valence-electron chi connectivity index (χ0n) is 17.1. The number of ether oxygens (including phenoxy) is 1. The second-order valence-corrected chi connectivity index (χ2v) is 8.91. The van der Waals surface area contributed by atoms with Gasteiger partial charge in [-0.2, -0.15) is 9.78 Å². The van der Waals surface area contributed by atoms with Crippen LogP contribution < -0.4 is 5.56 Å². The lowest BCUT2D eigenvalue weighted by Gasteiger charge is -2.09. The van der Waals surface area contributed by atoms with Crippen LogP contribution in [0, 0.1) is 0 Å². The number of hydrogen-bond acceptors (Lipinski definition) is 7. The summed E-state index contributed by atoms with van der Waals surface area (Å²) in [6, 6.07) is 8.24. The number of aromatic nitrogens is 2. The fraction of sp³-hybridized carbons (Fsp3) is 0.217. The van der Waals surface area contributed by atoms with E-state index in [4.69, 9.17) is 20.8 Å². The molecule has 1 aliphatic carbocycles. The SMILES string of the molecule is COC(=O)c1ccc(Cl)c(-c2ccc(/C=N\n3cnc4sc5c(c4c3=O)CCCC5)o2)c1. The highest BCUT2D eigenvalue weighted by Crippen LogP contribution is 2.33. The van der Waals surface area contributed by atoms with E-state index in [-0.39, 0.29) is 5.56 Å². The van der Waals surface area contributed by atoms with Crippen LogP contribution in [0.3, 0.4) is 0 Å². The molecule has 0 spiro atoms. The first-order chi connectivity index (χ1) is 15.5. The number of rotatable bonds is 4. The molecule has 3 heterocycles. The van der Waals surface area contributed by atoms with Crippen molar-refractivity contribution in [1.82, 2.24) is 9.66 Å². The van der Waals surface area contributed by atoms with Crippen LogP contribution in [0.4, 0.5) is 0 Å². The Kier molecular flexibility index (Phi) is 5.40. The maximum Gasteiger partial charge on any atom is 0.337 e. The minimum atomic E-state index is -0.464. The molecule has 7 nitrogen and oxygen atoms in total. The molecule has 0 radical (unpaired) electrons. The van der Waals surface area contributed by atoms with Crippen LogP contribution in [0.2, 0.25) is 5.02 Å². The largest absolute Gasteiger partial charge is 0.465 e. The van der Waals surface area contributed by atoms with Gasteiger partial charge in [-0.25, -0.2) is 9.78 Å². The smallest absolute Gasteiger partial charge is 0.337 e. The molecule has 3 aromatic heterocycles. The third-order valence-electron chi connectivity index (χ3n) is 5.45. The topological polar surface area (TPSA) is 86.7 Å². The number of thiophene rings is 1. The van der Waals surface area contributed by atoms with Crippen molar-refractivity contribution in [2.75, 3.05) is 7.11 Å². The van der Waals surface area contributed by atoms with Crippen LogP contribution >= 0.6 is 22.9 Å². The van der Waals surface area contributed by atoms with E-state index in [2.05, 4.69) is 10.1 Å². The first-order valence-corrected chi connectivity index (χ1v) is 11.3. The first kappa shape index (κ1) is 20.7. The van der Waals surface area contributed by atoms with Gasteiger partial charge in [0.1, 0.15) is 22.7 Å². The average Bonchev–Trinajstić information content (AvgIpc) is 3.43. The van der Waals surface area contributed by atoms with Gasteiger partial charge >= 0.3 is 5.97 Å². The van der Waals surface area contributed by atoms with Crippen molar-refractivity contribution in [3.8, 4) is 11.3 Å². The summed E-state index contributed by atoms with van der Waals surface area (Å²) < 4.78 is 11.8. The van der Waals surface area contributed by atoms with Crippen LogP contribution in [0.1, 0.15) is 39.4 Å². The number of carbonyl (C=O) groups excluding carboxylic acids is 1. The van der Waals surface area contributed by atoms with Crippen LogP contribution in [0.15, 0.2) is 51.0 Å². The summed E-state index contributed by atoms with van der Waals surface area (Å²) in [5.74, 6) is 0.433. The maximum atomic E-state index is 13.0. The Bertz CT molecular complexity index is 1430. The summed E-state index contributed by atoms with van der Waals surface area (Å²) in [5.41, 5.74) is 1.87. The summed E-state index contributed by atoms with van der Waals surface area (Å²) >= 11 is 7.89. The summed E-state index contributed by atoms with van der Waals surface area (Å²) in [6.45, 7) is 0. The summed E-state index contributed by atoms with van der Waals surface area (Å²) in [7, 11) is 1.32. The van der Waals surface area contributed by atoms with E-state index in [1.807, 2.05) is 0 Å². The fourth-order valence-electron chi connectivity index (χ4n) is 3.86. The van der Waals surface area contributed by atoms with E-state index in [1.54, 1.807) is 41.7 Å². The monoisotopic (exact) mass is 467 g/mol. The molecular weight excluding hydrogens is 450 g/mol. The van der Waals surface area contributed by atoms with Gasteiger partial charge in [0.05, 0.1) is 29.3 Å². The van der Waals surface area contributed by atoms with Crippen LogP contribution in [0.5, 0.6) is 0 Å². The van der Waals surface area contributed by atoms with Gasteiger partial charge in [-0.15, -0.1) is 11.3 Å². The predicted octanol–water partition coefficient (Wildman–Crippen LogP) is 4.92. The van der Waals surface area contributed by atoms with E-state index >= 15 is 0 Å². The summed E-state index contributed by atoms with van der Waals surface area (Å²) in [4.78, 5) is 31.3. The molecule has 1 aromatic carbocycles. The van der Waals surface area contributed by atoms with E-state index < -0.39 is 5.97 Å². The minimum absolute atomic E-state index is 0.175. The van der Waals surface area contributed by atoms with Gasteiger partial charge in [-0.05, 0) is 61.6 Å². The normalized spacial score (nSPS) is 13.6. The molecule has 0 fully saturated rings. The molecule has 9 heteroatoms. The Morgan fingerprint density at radius 2 is 2.12 bits per heavy atom. The Labute approximate surface area is 191 Å². The standard InChI is InChI=1S/C23H18ClN3O4S/c1-30-23(29)13-6-8-17(24)16(10-13)18-9-7-14(31-18)11-26-27-12-25-21-20(22(27)28)15-4-2-3-5-19(15)32-21/h6-12H,2-5H2,1H3/b26-11-. The number of fused-ring (bicyclic) bond motifs is 3. The molecule has 0 saturated carbocycles. The average molecular weight is 468 g/mol. The van der Waals surface area contributed by atoms with Crippen LogP contribution in [0.25, 0.3) is 21.5 Å². The minimum Gasteiger partial charge on any atom is -0.465 e. The number of furan rings is 1. The van der Waals surface area contributed by atoms with Crippen molar-refractivity contribution in [1.29, 1.82) is 0 Å². The number of esters is 1. The van der Waals surface area contributed by atoms with E-state index in [1.165, 1.54) is 29.2 Å².